The Morgan fingerprint density at radius 1 is 1.47 bits per heavy atom. The van der Waals surface area contributed by atoms with E-state index in [9.17, 15) is 12.8 Å². The highest BCUT2D eigenvalue weighted by molar-refractivity contribution is 7.91. The Bertz CT molecular complexity index is 489. The van der Waals surface area contributed by atoms with Gasteiger partial charge in [-0.05, 0) is 24.6 Å². The van der Waals surface area contributed by atoms with Gasteiger partial charge in [-0.1, -0.05) is 19.6 Å². The van der Waals surface area contributed by atoms with E-state index >= 15 is 0 Å². The normalized spacial score (nSPS) is 11.4. The topological polar surface area (TPSA) is 34.1 Å². The SMILES string of the molecule is C=C(C)c1ccc(S(=O)(=O)CC)cc1F. The van der Waals surface area contributed by atoms with Gasteiger partial charge in [0, 0.05) is 5.56 Å². The van der Waals surface area contributed by atoms with Crippen molar-refractivity contribution < 1.29 is 12.8 Å². The number of rotatable bonds is 3. The maximum absolute atomic E-state index is 13.4. The zero-order valence-electron chi connectivity index (χ0n) is 8.75. The van der Waals surface area contributed by atoms with Gasteiger partial charge < -0.3 is 0 Å². The molecular weight excluding hydrogens is 215 g/mol. The standard InChI is InChI=1S/C11H13FO2S/c1-4-15(13,14)9-5-6-10(8(2)3)11(12)7-9/h5-7H,2,4H2,1,3H3. The molecule has 0 heterocycles. The third-order valence-corrected chi connectivity index (χ3v) is 3.87. The lowest BCUT2D eigenvalue weighted by Gasteiger charge is -2.05. The van der Waals surface area contributed by atoms with Crippen molar-refractivity contribution in [1.29, 1.82) is 0 Å². The summed E-state index contributed by atoms with van der Waals surface area (Å²) in [7, 11) is -3.33. The second-order valence-corrected chi connectivity index (χ2v) is 5.60. The summed E-state index contributed by atoms with van der Waals surface area (Å²) in [5, 5.41) is 0. The fourth-order valence-electron chi connectivity index (χ4n) is 1.20. The summed E-state index contributed by atoms with van der Waals surface area (Å²) in [5.41, 5.74) is 0.929. The number of allylic oxidation sites excluding steroid dienone is 1. The van der Waals surface area contributed by atoms with Gasteiger partial charge in [-0.15, -0.1) is 0 Å². The fourth-order valence-corrected chi connectivity index (χ4v) is 2.09. The quantitative estimate of drug-likeness (QED) is 0.797. The van der Waals surface area contributed by atoms with Crippen LogP contribution >= 0.6 is 0 Å². The van der Waals surface area contributed by atoms with Crippen LogP contribution in [0.1, 0.15) is 19.4 Å². The first-order valence-electron chi connectivity index (χ1n) is 4.56. The Morgan fingerprint density at radius 2 is 2.07 bits per heavy atom. The predicted molar refractivity (Wildman–Crippen MR) is 58.8 cm³/mol. The number of hydrogen-bond donors (Lipinski definition) is 0. The Balaban J connectivity index is 3.30. The lowest BCUT2D eigenvalue weighted by Crippen LogP contribution is -2.04. The molecule has 0 unspecified atom stereocenters. The van der Waals surface area contributed by atoms with Crippen molar-refractivity contribution in [1.82, 2.24) is 0 Å². The summed E-state index contributed by atoms with van der Waals surface area (Å²) < 4.78 is 36.3. The molecule has 0 fully saturated rings. The molecule has 0 aliphatic carbocycles. The molecule has 0 aliphatic heterocycles. The van der Waals surface area contributed by atoms with Crippen LogP contribution in [-0.4, -0.2) is 14.2 Å². The fraction of sp³-hybridized carbons (Fsp3) is 0.273. The number of halogens is 1. The monoisotopic (exact) mass is 228 g/mol. The Morgan fingerprint density at radius 3 is 2.47 bits per heavy atom. The molecule has 1 aromatic carbocycles. The van der Waals surface area contributed by atoms with E-state index in [2.05, 4.69) is 6.58 Å². The van der Waals surface area contributed by atoms with Crippen LogP contribution < -0.4 is 0 Å². The van der Waals surface area contributed by atoms with Crippen LogP contribution in [-0.2, 0) is 9.84 Å². The van der Waals surface area contributed by atoms with Gasteiger partial charge in [0.2, 0.25) is 0 Å². The minimum atomic E-state index is -3.33. The molecule has 0 aromatic heterocycles. The molecule has 0 radical (unpaired) electrons. The van der Waals surface area contributed by atoms with Crippen molar-refractivity contribution in [3.63, 3.8) is 0 Å². The van der Waals surface area contributed by atoms with E-state index in [0.717, 1.165) is 6.07 Å². The van der Waals surface area contributed by atoms with Gasteiger partial charge in [0.1, 0.15) is 5.82 Å². The van der Waals surface area contributed by atoms with Crippen molar-refractivity contribution in [3.8, 4) is 0 Å². The molecule has 0 spiro atoms. The second-order valence-electron chi connectivity index (χ2n) is 3.33. The Hall–Kier alpha value is -1.16. The Labute approximate surface area is 89.4 Å². The molecule has 0 bridgehead atoms. The summed E-state index contributed by atoms with van der Waals surface area (Å²) >= 11 is 0. The molecule has 0 amide bonds. The van der Waals surface area contributed by atoms with Crippen LogP contribution in [0.2, 0.25) is 0 Å². The zero-order valence-corrected chi connectivity index (χ0v) is 9.57. The van der Waals surface area contributed by atoms with E-state index < -0.39 is 15.7 Å². The first kappa shape index (κ1) is 11.9. The lowest BCUT2D eigenvalue weighted by molar-refractivity contribution is 0.591. The first-order chi connectivity index (χ1) is 6.88. The molecule has 82 valence electrons. The van der Waals surface area contributed by atoms with E-state index in [1.54, 1.807) is 6.92 Å². The van der Waals surface area contributed by atoms with Crippen LogP contribution in [0.15, 0.2) is 29.7 Å². The molecule has 1 aromatic rings. The van der Waals surface area contributed by atoms with Crippen molar-refractivity contribution in [3.05, 3.63) is 36.2 Å². The average Bonchev–Trinajstić information content (AvgIpc) is 2.17. The molecule has 0 saturated carbocycles. The van der Waals surface area contributed by atoms with Crippen molar-refractivity contribution in [2.24, 2.45) is 0 Å². The summed E-state index contributed by atoms with van der Waals surface area (Å²) in [6.45, 7) is 6.81. The second kappa shape index (κ2) is 4.14. The molecule has 0 aliphatic rings. The third-order valence-electron chi connectivity index (χ3n) is 2.14. The van der Waals surface area contributed by atoms with Crippen LogP contribution in [0.5, 0.6) is 0 Å². The highest BCUT2D eigenvalue weighted by Crippen LogP contribution is 2.20. The van der Waals surface area contributed by atoms with Gasteiger partial charge in [-0.2, -0.15) is 0 Å². The van der Waals surface area contributed by atoms with E-state index in [4.69, 9.17) is 0 Å². The number of hydrogen-bond acceptors (Lipinski definition) is 2. The van der Waals surface area contributed by atoms with E-state index in [1.165, 1.54) is 19.1 Å². The lowest BCUT2D eigenvalue weighted by atomic mass is 10.1. The molecule has 0 atom stereocenters. The molecule has 4 heteroatoms. The van der Waals surface area contributed by atoms with Crippen molar-refractivity contribution in [2.45, 2.75) is 18.7 Å². The molecule has 0 saturated heterocycles. The molecule has 1 rings (SSSR count). The van der Waals surface area contributed by atoms with Gasteiger partial charge in [0.15, 0.2) is 9.84 Å². The average molecular weight is 228 g/mol. The highest BCUT2D eigenvalue weighted by Gasteiger charge is 2.14. The van der Waals surface area contributed by atoms with Crippen molar-refractivity contribution >= 4 is 15.4 Å². The van der Waals surface area contributed by atoms with Gasteiger partial charge in [0.05, 0.1) is 10.6 Å². The van der Waals surface area contributed by atoms with E-state index in [-0.39, 0.29) is 10.6 Å². The maximum Gasteiger partial charge on any atom is 0.178 e. The van der Waals surface area contributed by atoms with Crippen LogP contribution in [0.4, 0.5) is 4.39 Å². The van der Waals surface area contributed by atoms with Crippen molar-refractivity contribution in [2.75, 3.05) is 5.75 Å². The molecule has 0 N–H and O–H groups in total. The summed E-state index contributed by atoms with van der Waals surface area (Å²) in [4.78, 5) is 0.0208. The summed E-state index contributed by atoms with van der Waals surface area (Å²) in [5.74, 6) is -0.573. The van der Waals surface area contributed by atoms with Gasteiger partial charge in [-0.25, -0.2) is 12.8 Å². The van der Waals surface area contributed by atoms with Gasteiger partial charge in [-0.3, -0.25) is 0 Å². The summed E-state index contributed by atoms with van der Waals surface area (Å²) in [6, 6.07) is 3.90. The number of sulfone groups is 1. The maximum atomic E-state index is 13.4. The largest absolute Gasteiger partial charge is 0.224 e. The molecule has 2 nitrogen and oxygen atoms in total. The van der Waals surface area contributed by atoms with E-state index in [1.807, 2.05) is 0 Å². The minimum Gasteiger partial charge on any atom is -0.224 e. The first-order valence-corrected chi connectivity index (χ1v) is 6.22. The predicted octanol–water partition coefficient (Wildman–Crippen LogP) is 2.65. The van der Waals surface area contributed by atoms with Gasteiger partial charge >= 0.3 is 0 Å². The Kier molecular flexibility index (Phi) is 3.29. The summed E-state index contributed by atoms with van der Waals surface area (Å²) in [6.07, 6.45) is 0. The molecular formula is C11H13FO2S. The van der Waals surface area contributed by atoms with Gasteiger partial charge in [0.25, 0.3) is 0 Å². The third kappa shape index (κ3) is 2.45. The molecule has 15 heavy (non-hydrogen) atoms. The smallest absolute Gasteiger partial charge is 0.178 e. The van der Waals surface area contributed by atoms with Crippen LogP contribution in [0, 0.1) is 5.82 Å². The zero-order chi connectivity index (χ0) is 11.6. The van der Waals surface area contributed by atoms with Crippen LogP contribution in [0.25, 0.3) is 5.57 Å². The van der Waals surface area contributed by atoms with E-state index in [0.29, 0.717) is 11.1 Å². The highest BCUT2D eigenvalue weighted by atomic mass is 32.2. The number of benzene rings is 1. The minimum absolute atomic E-state index is 0.0208. The van der Waals surface area contributed by atoms with Crippen LogP contribution in [0.3, 0.4) is 0 Å².